The topological polar surface area (TPSA) is 99.1 Å². The van der Waals surface area contributed by atoms with Gasteiger partial charge in [-0.3, -0.25) is 14.4 Å². The number of allylic oxidation sites excluding steroid dienone is 3. The van der Waals surface area contributed by atoms with E-state index in [0.717, 1.165) is 36.8 Å². The fourth-order valence-corrected chi connectivity index (χ4v) is 5.22. The van der Waals surface area contributed by atoms with Gasteiger partial charge in [-0.25, -0.2) is 0 Å². The Labute approximate surface area is 269 Å². The molecule has 0 saturated heterocycles. The minimum Gasteiger partial charge on any atom is -0.466 e. The fourth-order valence-electron chi connectivity index (χ4n) is 5.22. The molecule has 0 amide bonds. The number of rotatable bonds is 19. The van der Waals surface area contributed by atoms with Crippen molar-refractivity contribution in [2.45, 2.75) is 105 Å². The van der Waals surface area contributed by atoms with Crippen LogP contribution in [0.2, 0.25) is 0 Å². The van der Waals surface area contributed by atoms with Crippen molar-refractivity contribution in [2.24, 2.45) is 5.92 Å². The van der Waals surface area contributed by atoms with Crippen molar-refractivity contribution in [1.82, 2.24) is 0 Å². The molecule has 0 aliphatic rings. The molecule has 0 fully saturated rings. The molecule has 0 aromatic heterocycles. The second-order valence-electron chi connectivity index (χ2n) is 11.6. The predicted octanol–water partition coefficient (Wildman–Crippen LogP) is 7.89. The van der Waals surface area contributed by atoms with E-state index in [1.807, 2.05) is 38.1 Å². The number of carbonyl (C=O) groups is 3. The summed E-state index contributed by atoms with van der Waals surface area (Å²) >= 11 is 0. The summed E-state index contributed by atoms with van der Waals surface area (Å²) in [4.78, 5) is 34.7. The molecule has 7 nitrogen and oxygen atoms in total. The monoisotopic (exact) mass is 620 g/mol. The number of aliphatic hydroxyl groups is 1. The molecule has 2 atom stereocenters. The smallest absolute Gasteiger partial charge is 0.303 e. The third-order valence-electron chi connectivity index (χ3n) is 8.11. The van der Waals surface area contributed by atoms with Crippen molar-refractivity contribution in [3.63, 3.8) is 0 Å². The van der Waals surface area contributed by atoms with Gasteiger partial charge in [-0.1, -0.05) is 87.5 Å². The molecule has 2 aromatic rings. The van der Waals surface area contributed by atoms with Gasteiger partial charge in [-0.05, 0) is 79.2 Å². The lowest BCUT2D eigenvalue weighted by atomic mass is 9.90. The van der Waals surface area contributed by atoms with E-state index in [9.17, 15) is 19.5 Å². The van der Waals surface area contributed by atoms with Crippen molar-refractivity contribution in [2.75, 3.05) is 13.2 Å². The van der Waals surface area contributed by atoms with E-state index in [-0.39, 0.29) is 24.5 Å². The van der Waals surface area contributed by atoms with Crippen LogP contribution in [0.15, 0.2) is 66.8 Å². The van der Waals surface area contributed by atoms with Crippen LogP contribution in [0.3, 0.4) is 0 Å². The van der Waals surface area contributed by atoms with E-state index in [4.69, 9.17) is 14.2 Å². The molecule has 0 spiro atoms. The molecule has 2 unspecified atom stereocenters. The van der Waals surface area contributed by atoms with Crippen molar-refractivity contribution in [3.8, 4) is 0 Å². The van der Waals surface area contributed by atoms with Crippen LogP contribution in [0, 0.1) is 5.92 Å². The molecule has 2 aromatic carbocycles. The first kappa shape index (κ1) is 37.5. The van der Waals surface area contributed by atoms with E-state index >= 15 is 0 Å². The number of esters is 3. The van der Waals surface area contributed by atoms with Crippen LogP contribution in [0.4, 0.5) is 0 Å². The zero-order valence-corrected chi connectivity index (χ0v) is 28.0. The van der Waals surface area contributed by atoms with Crippen molar-refractivity contribution < 1.29 is 33.7 Å². The van der Waals surface area contributed by atoms with Crippen molar-refractivity contribution >= 4 is 23.5 Å². The van der Waals surface area contributed by atoms with Crippen molar-refractivity contribution in [3.05, 3.63) is 89.0 Å². The zero-order chi connectivity index (χ0) is 33.2. The lowest BCUT2D eigenvalue weighted by Crippen LogP contribution is -2.24. The fraction of sp³-hybridized carbons (Fsp3) is 0.500. The highest BCUT2D eigenvalue weighted by Crippen LogP contribution is 2.31. The molecule has 0 aliphatic carbocycles. The molecule has 1 N–H and O–H groups in total. The molecule has 0 aliphatic heterocycles. The normalized spacial score (nSPS) is 13.4. The van der Waals surface area contributed by atoms with Crippen LogP contribution in [-0.2, 0) is 41.4 Å². The summed E-state index contributed by atoms with van der Waals surface area (Å²) in [5.74, 6) is -1.35. The Morgan fingerprint density at radius 3 is 2.11 bits per heavy atom. The van der Waals surface area contributed by atoms with Gasteiger partial charge in [0, 0.05) is 26.7 Å². The lowest BCUT2D eigenvalue weighted by molar-refractivity contribution is -0.154. The highest BCUT2D eigenvalue weighted by atomic mass is 16.6. The van der Waals surface area contributed by atoms with E-state index in [1.54, 1.807) is 0 Å². The zero-order valence-electron chi connectivity index (χ0n) is 28.0. The lowest BCUT2D eigenvalue weighted by Gasteiger charge is -2.27. The Balaban J connectivity index is 2.14. The van der Waals surface area contributed by atoms with Gasteiger partial charge in [0.15, 0.2) is 0 Å². The van der Waals surface area contributed by atoms with Gasteiger partial charge in [-0.2, -0.15) is 0 Å². The number of carbonyl (C=O) groups excluding carboxylic acids is 3. The minimum atomic E-state index is -0.763. The molecule has 7 heteroatoms. The largest absolute Gasteiger partial charge is 0.466 e. The first-order valence-corrected chi connectivity index (χ1v) is 16.2. The average Bonchev–Trinajstić information content (AvgIpc) is 3.02. The number of unbranched alkanes of at least 4 members (excludes halogenated alkanes) is 1. The van der Waals surface area contributed by atoms with Gasteiger partial charge in [0.25, 0.3) is 0 Å². The van der Waals surface area contributed by atoms with Gasteiger partial charge in [-0.15, -0.1) is 0 Å². The second kappa shape index (κ2) is 19.6. The Hall–Kier alpha value is -3.71. The average molecular weight is 621 g/mol. The van der Waals surface area contributed by atoms with Gasteiger partial charge in [0.2, 0.25) is 0 Å². The molecule has 45 heavy (non-hydrogen) atoms. The van der Waals surface area contributed by atoms with Crippen LogP contribution in [-0.4, -0.2) is 41.8 Å². The standard InChI is InChI=1S/C38H52O7/c1-7-33(17-13-24-38(42,8-2)9-3)35-16-12-14-32(26-35)19-18-31-20-22-34(23-21-31)37(45-30(6)41)36(27-44-29(5)40)15-10-11-25-43-28(4)39/h12-14,16-17,20-24,26,36-37,42H,7-11,15,18-19,25,27H2,1-6H3/b24-13+,33-17+. The summed E-state index contributed by atoms with van der Waals surface area (Å²) in [6.07, 6.45) is 11.4. The first-order valence-electron chi connectivity index (χ1n) is 16.2. The Kier molecular flexibility index (Phi) is 16.3. The van der Waals surface area contributed by atoms with Gasteiger partial charge < -0.3 is 19.3 Å². The summed E-state index contributed by atoms with van der Waals surface area (Å²) < 4.78 is 16.1. The molecule has 0 heterocycles. The van der Waals surface area contributed by atoms with E-state index in [2.05, 4.69) is 49.4 Å². The minimum absolute atomic E-state index is 0.126. The number of hydrogen-bond acceptors (Lipinski definition) is 7. The molecule has 0 bridgehead atoms. The number of hydrogen-bond donors (Lipinski definition) is 1. The number of ether oxygens (including phenoxy) is 3. The molecular formula is C38H52O7. The maximum absolute atomic E-state index is 12.1. The third-order valence-corrected chi connectivity index (χ3v) is 8.11. The molecule has 246 valence electrons. The summed E-state index contributed by atoms with van der Waals surface area (Å²) in [5, 5.41) is 10.6. The second-order valence-corrected chi connectivity index (χ2v) is 11.6. The molecular weight excluding hydrogens is 568 g/mol. The van der Waals surface area contributed by atoms with Crippen LogP contribution < -0.4 is 0 Å². The van der Waals surface area contributed by atoms with Gasteiger partial charge >= 0.3 is 17.9 Å². The molecule has 2 rings (SSSR count). The third kappa shape index (κ3) is 13.9. The predicted molar refractivity (Wildman–Crippen MR) is 178 cm³/mol. The highest BCUT2D eigenvalue weighted by molar-refractivity contribution is 5.68. The Morgan fingerprint density at radius 1 is 0.844 bits per heavy atom. The summed E-state index contributed by atoms with van der Waals surface area (Å²) in [6, 6.07) is 16.7. The van der Waals surface area contributed by atoms with Crippen LogP contribution >= 0.6 is 0 Å². The molecule has 0 radical (unpaired) electrons. The summed E-state index contributed by atoms with van der Waals surface area (Å²) in [6.45, 7) is 10.7. The maximum Gasteiger partial charge on any atom is 0.303 e. The van der Waals surface area contributed by atoms with Crippen LogP contribution in [0.5, 0.6) is 0 Å². The van der Waals surface area contributed by atoms with Crippen LogP contribution in [0.25, 0.3) is 5.57 Å². The summed E-state index contributed by atoms with van der Waals surface area (Å²) in [7, 11) is 0. The Bertz CT molecular complexity index is 1270. The molecule has 0 saturated carbocycles. The Morgan fingerprint density at radius 2 is 1.51 bits per heavy atom. The van der Waals surface area contributed by atoms with Gasteiger partial charge in [0.05, 0.1) is 18.8 Å². The van der Waals surface area contributed by atoms with Gasteiger partial charge in [0.1, 0.15) is 6.10 Å². The van der Waals surface area contributed by atoms with Crippen molar-refractivity contribution in [1.29, 1.82) is 0 Å². The summed E-state index contributed by atoms with van der Waals surface area (Å²) in [5.41, 5.74) is 4.89. The number of aryl methyl sites for hydroxylation is 2. The highest BCUT2D eigenvalue weighted by Gasteiger charge is 2.27. The van der Waals surface area contributed by atoms with E-state index in [1.165, 1.54) is 37.5 Å². The number of benzene rings is 2. The van der Waals surface area contributed by atoms with Crippen LogP contribution in [0.1, 0.15) is 108 Å². The first-order chi connectivity index (χ1) is 21.5. The SMILES string of the molecule is CC/C(=C\C=C\C(O)(CC)CC)c1cccc(CCc2ccc(C(OC(C)=O)C(CCCCOC(C)=O)COC(C)=O)cc2)c1. The van der Waals surface area contributed by atoms with E-state index in [0.29, 0.717) is 32.3 Å². The maximum atomic E-state index is 12.1. The quantitative estimate of drug-likeness (QED) is 0.0738. The van der Waals surface area contributed by atoms with E-state index < -0.39 is 17.7 Å².